The Morgan fingerprint density at radius 1 is 1.38 bits per heavy atom. The molecular weight excluding hydrogens is 230 g/mol. The molecule has 1 N–H and O–H groups in total. The molecular formula is C9H7N3O3S. The highest BCUT2D eigenvalue weighted by Crippen LogP contribution is 2.28. The number of aromatic amines is 1. The number of aromatic nitrogens is 1. The Morgan fingerprint density at radius 2 is 2.25 bits per heavy atom. The van der Waals surface area contributed by atoms with E-state index >= 15 is 0 Å². The van der Waals surface area contributed by atoms with E-state index in [1.54, 1.807) is 0 Å². The average molecular weight is 237 g/mol. The number of fused-ring (bicyclic) bond motifs is 2. The van der Waals surface area contributed by atoms with Crippen molar-refractivity contribution in [3.05, 3.63) is 24.2 Å². The molecule has 0 saturated heterocycles. The smallest absolute Gasteiger partial charge is 0.288 e. The van der Waals surface area contributed by atoms with Gasteiger partial charge < -0.3 is 9.72 Å². The first kappa shape index (κ1) is 9.34. The maximum Gasteiger partial charge on any atom is 0.288 e. The summed E-state index contributed by atoms with van der Waals surface area (Å²) in [4.78, 5) is 6.67. The number of hydrogen-bond donors (Lipinski definition) is 1. The summed E-state index contributed by atoms with van der Waals surface area (Å²) < 4.78 is 32.7. The molecule has 7 heteroatoms. The Bertz CT molecular complexity index is 637. The van der Waals surface area contributed by atoms with E-state index in [2.05, 4.69) is 14.4 Å². The number of nitrogens with zero attached hydrogens (tertiary/aromatic N) is 2. The third-order valence-electron chi connectivity index (χ3n) is 2.30. The molecule has 1 aromatic rings. The number of sulfonamides is 1. The lowest BCUT2D eigenvalue weighted by Gasteiger charge is -2.06. The second-order valence-corrected chi connectivity index (χ2v) is 4.94. The van der Waals surface area contributed by atoms with Crippen molar-refractivity contribution in [2.75, 3.05) is 6.54 Å². The zero-order valence-electron chi connectivity index (χ0n) is 8.04. The van der Waals surface area contributed by atoms with Crippen LogP contribution in [0.2, 0.25) is 0 Å². The third-order valence-corrected chi connectivity index (χ3v) is 3.61. The van der Waals surface area contributed by atoms with E-state index < -0.39 is 10.0 Å². The van der Waals surface area contributed by atoms with E-state index in [1.165, 1.54) is 24.9 Å². The molecule has 16 heavy (non-hydrogen) atoms. The van der Waals surface area contributed by atoms with E-state index in [-0.39, 0.29) is 10.6 Å². The van der Waals surface area contributed by atoms with E-state index in [0.717, 1.165) is 0 Å². The van der Waals surface area contributed by atoms with Crippen LogP contribution in [0.3, 0.4) is 0 Å². The first-order valence-electron chi connectivity index (χ1n) is 4.54. The monoisotopic (exact) mass is 237 g/mol. The van der Waals surface area contributed by atoms with Crippen molar-refractivity contribution >= 4 is 21.9 Å². The molecule has 3 heterocycles. The van der Waals surface area contributed by atoms with Crippen molar-refractivity contribution in [3.63, 3.8) is 0 Å². The lowest BCUT2D eigenvalue weighted by Crippen LogP contribution is -2.10. The summed E-state index contributed by atoms with van der Waals surface area (Å²) in [5.74, 6) is 0.252. The minimum absolute atomic E-state index is 0.0376. The highest BCUT2D eigenvalue weighted by atomic mass is 32.2. The molecule has 0 unspecified atom stereocenters. The molecule has 3 rings (SSSR count). The highest BCUT2D eigenvalue weighted by Gasteiger charge is 2.25. The van der Waals surface area contributed by atoms with Crippen LogP contribution in [0.4, 0.5) is 0 Å². The van der Waals surface area contributed by atoms with Crippen molar-refractivity contribution in [3.8, 4) is 5.75 Å². The van der Waals surface area contributed by atoms with Gasteiger partial charge in [-0.05, 0) is 0 Å². The number of H-pyrrole nitrogens is 1. The van der Waals surface area contributed by atoms with Gasteiger partial charge in [0.25, 0.3) is 10.0 Å². The molecule has 0 amide bonds. The van der Waals surface area contributed by atoms with Gasteiger partial charge >= 0.3 is 0 Å². The van der Waals surface area contributed by atoms with Gasteiger partial charge in [-0.15, -0.1) is 0 Å². The Balaban J connectivity index is 2.27. The zero-order valence-corrected chi connectivity index (χ0v) is 8.86. The molecule has 0 radical (unpaired) electrons. The van der Waals surface area contributed by atoms with Gasteiger partial charge in [0.05, 0.1) is 12.8 Å². The van der Waals surface area contributed by atoms with Crippen molar-refractivity contribution in [2.24, 2.45) is 9.39 Å². The SMILES string of the molecule is O=S1(=O)N=C2C=NCC2=COc2c[nH]cc21. The quantitative estimate of drug-likeness (QED) is 0.713. The van der Waals surface area contributed by atoms with Crippen LogP contribution in [0, 0.1) is 0 Å². The maximum absolute atomic E-state index is 11.9. The normalized spacial score (nSPS) is 21.0. The van der Waals surface area contributed by atoms with E-state index in [9.17, 15) is 8.42 Å². The molecule has 2 aliphatic heterocycles. The standard InChI is InChI=1S/C9H7N3O3S/c13-16(14)9-4-11-3-8(9)15-5-6-1-10-2-7(6)12-16/h2-5,11H,1H2. The predicted molar refractivity (Wildman–Crippen MR) is 57.5 cm³/mol. The number of hydrogen-bond acceptors (Lipinski definition) is 4. The summed E-state index contributed by atoms with van der Waals surface area (Å²) >= 11 is 0. The molecule has 6 nitrogen and oxygen atoms in total. The largest absolute Gasteiger partial charge is 0.462 e. The van der Waals surface area contributed by atoms with Crippen LogP contribution in [0.5, 0.6) is 5.75 Å². The van der Waals surface area contributed by atoms with Gasteiger partial charge in [0.15, 0.2) is 5.75 Å². The second kappa shape index (κ2) is 3.05. The van der Waals surface area contributed by atoms with Crippen LogP contribution in [0.15, 0.2) is 38.5 Å². The summed E-state index contributed by atoms with van der Waals surface area (Å²) in [6.45, 7) is 0.397. The Labute approximate surface area is 91.4 Å². The molecule has 0 spiro atoms. The van der Waals surface area contributed by atoms with Gasteiger partial charge in [0.2, 0.25) is 0 Å². The van der Waals surface area contributed by atoms with Gasteiger partial charge in [-0.3, -0.25) is 4.99 Å². The maximum atomic E-state index is 11.9. The van der Waals surface area contributed by atoms with Crippen molar-refractivity contribution in [1.29, 1.82) is 0 Å². The summed E-state index contributed by atoms with van der Waals surface area (Å²) in [5, 5.41) is 0. The van der Waals surface area contributed by atoms with Gasteiger partial charge in [0.1, 0.15) is 10.6 Å². The van der Waals surface area contributed by atoms with Gasteiger partial charge in [-0.25, -0.2) is 0 Å². The molecule has 2 aliphatic rings. The molecule has 1 aromatic heterocycles. The van der Waals surface area contributed by atoms with Crippen LogP contribution in [0.1, 0.15) is 0 Å². The van der Waals surface area contributed by atoms with Crippen LogP contribution in [-0.4, -0.2) is 31.9 Å². The fraction of sp³-hybridized carbons (Fsp3) is 0.111. The average Bonchev–Trinajstić information content (AvgIpc) is 2.81. The molecule has 0 fully saturated rings. The van der Waals surface area contributed by atoms with Gasteiger partial charge in [-0.2, -0.15) is 12.8 Å². The Hall–Kier alpha value is -1.89. The molecule has 0 aromatic carbocycles. The topological polar surface area (TPSA) is 83.9 Å². The Kier molecular flexibility index (Phi) is 1.78. The number of nitrogens with one attached hydrogen (secondary N) is 1. The lowest BCUT2D eigenvalue weighted by atomic mass is 10.2. The van der Waals surface area contributed by atoms with E-state index in [1.807, 2.05) is 0 Å². The molecule has 0 bridgehead atoms. The van der Waals surface area contributed by atoms with Crippen molar-refractivity contribution in [1.82, 2.24) is 4.98 Å². The summed E-state index contributed by atoms with van der Waals surface area (Å²) in [6, 6.07) is 0. The Morgan fingerprint density at radius 3 is 3.12 bits per heavy atom. The summed E-state index contributed by atoms with van der Waals surface area (Å²) in [7, 11) is -3.71. The minimum atomic E-state index is -3.71. The minimum Gasteiger partial charge on any atom is -0.462 e. The molecule has 0 saturated carbocycles. The van der Waals surface area contributed by atoms with Crippen LogP contribution in [-0.2, 0) is 10.0 Å². The highest BCUT2D eigenvalue weighted by molar-refractivity contribution is 7.90. The second-order valence-electron chi connectivity index (χ2n) is 3.37. The van der Waals surface area contributed by atoms with Crippen molar-refractivity contribution < 1.29 is 13.2 Å². The molecule has 82 valence electrons. The van der Waals surface area contributed by atoms with Crippen LogP contribution < -0.4 is 4.74 Å². The number of aliphatic imine (C=N–C) groups is 1. The van der Waals surface area contributed by atoms with Gasteiger partial charge in [-0.1, -0.05) is 0 Å². The first-order valence-corrected chi connectivity index (χ1v) is 5.98. The summed E-state index contributed by atoms with van der Waals surface area (Å²) in [6.07, 6.45) is 5.73. The van der Waals surface area contributed by atoms with E-state index in [4.69, 9.17) is 4.74 Å². The van der Waals surface area contributed by atoms with Crippen LogP contribution in [0.25, 0.3) is 0 Å². The predicted octanol–water partition coefficient (Wildman–Crippen LogP) is 0.505. The van der Waals surface area contributed by atoms with Crippen LogP contribution >= 0.6 is 0 Å². The summed E-state index contributed by atoms with van der Waals surface area (Å²) in [5.41, 5.74) is 1.00. The fourth-order valence-corrected chi connectivity index (χ4v) is 2.62. The van der Waals surface area contributed by atoms with Gasteiger partial charge in [0, 0.05) is 24.2 Å². The first-order chi connectivity index (χ1) is 7.67. The third kappa shape index (κ3) is 1.28. The number of rotatable bonds is 0. The lowest BCUT2D eigenvalue weighted by molar-refractivity contribution is 0.464. The number of ether oxygens (including phenoxy) is 1. The van der Waals surface area contributed by atoms with E-state index in [0.29, 0.717) is 17.8 Å². The molecule has 0 atom stereocenters. The van der Waals surface area contributed by atoms with Crippen molar-refractivity contribution in [2.45, 2.75) is 4.90 Å². The zero-order chi connectivity index (χ0) is 11.2. The molecule has 0 aliphatic carbocycles. The fourth-order valence-electron chi connectivity index (χ4n) is 1.52.